The maximum absolute atomic E-state index is 13.0. The van der Waals surface area contributed by atoms with Crippen molar-refractivity contribution in [2.75, 3.05) is 57.4 Å². The number of carbonyl (C=O) groups excluding carboxylic acids is 3. The molecule has 0 aliphatic carbocycles. The molecule has 4 fully saturated rings. The Kier molecular flexibility index (Phi) is 6.64. The summed E-state index contributed by atoms with van der Waals surface area (Å²) in [4.78, 5) is 45.8. The highest BCUT2D eigenvalue weighted by atomic mass is 16.5. The van der Waals surface area contributed by atoms with Gasteiger partial charge in [0.2, 0.25) is 11.8 Å². The quantitative estimate of drug-likeness (QED) is 0.549. The average Bonchev–Trinajstić information content (AvgIpc) is 3.51. The first-order valence-corrected chi connectivity index (χ1v) is 14.6. The van der Waals surface area contributed by atoms with Crippen molar-refractivity contribution in [2.24, 2.45) is 5.41 Å². The number of piperidine rings is 2. The number of benzene rings is 1. The number of nitrogens with one attached hydrogen (secondary N) is 1. The molecule has 3 amide bonds. The Morgan fingerprint density at radius 3 is 2.30 bits per heavy atom. The van der Waals surface area contributed by atoms with Gasteiger partial charge in [-0.15, -0.1) is 0 Å². The number of imide groups is 1. The number of carbonyl (C=O) groups is 3. The molecule has 7 rings (SSSR count). The molecule has 10 heteroatoms. The van der Waals surface area contributed by atoms with E-state index in [4.69, 9.17) is 9.15 Å². The largest absolute Gasteiger partial charge is 0.463 e. The lowest BCUT2D eigenvalue weighted by Crippen LogP contribution is -2.60. The molecule has 6 heterocycles. The molecule has 5 aliphatic heterocycles. The van der Waals surface area contributed by atoms with Gasteiger partial charge in [-0.2, -0.15) is 0 Å². The van der Waals surface area contributed by atoms with E-state index < -0.39 is 6.04 Å². The van der Waals surface area contributed by atoms with Crippen molar-refractivity contribution in [2.45, 2.75) is 51.4 Å². The van der Waals surface area contributed by atoms with E-state index in [1.165, 1.54) is 12.8 Å². The summed E-state index contributed by atoms with van der Waals surface area (Å²) in [7, 11) is 0. The van der Waals surface area contributed by atoms with Gasteiger partial charge in [-0.1, -0.05) is 0 Å². The van der Waals surface area contributed by atoms with Gasteiger partial charge in [0.25, 0.3) is 5.91 Å². The molecular weight excluding hydrogens is 510 g/mol. The Morgan fingerprint density at radius 1 is 0.900 bits per heavy atom. The third kappa shape index (κ3) is 4.93. The highest BCUT2D eigenvalue weighted by Crippen LogP contribution is 2.43. The molecule has 2 aromatic rings. The lowest BCUT2D eigenvalue weighted by molar-refractivity contribution is -0.136. The molecule has 0 saturated carbocycles. The molecule has 1 aromatic heterocycles. The Bertz CT molecular complexity index is 1300. The molecule has 1 atom stereocenters. The van der Waals surface area contributed by atoms with Crippen LogP contribution in [0.25, 0.3) is 0 Å². The number of hydrogen-bond acceptors (Lipinski definition) is 8. The Hall–Kier alpha value is -3.21. The Morgan fingerprint density at radius 2 is 1.60 bits per heavy atom. The molecule has 10 nitrogen and oxygen atoms in total. The third-order valence-electron chi connectivity index (χ3n) is 9.42. The van der Waals surface area contributed by atoms with E-state index in [0.717, 1.165) is 88.3 Å². The SMILES string of the molecule is O=C1CCC(N2Cc3cc(N4CC5(CCN(Cc6ccc(CN7CCOCC7)o6)CC5)C4)ccc3C2=O)C(=O)N1. The van der Waals surface area contributed by atoms with Crippen molar-refractivity contribution in [3.05, 3.63) is 53.0 Å². The molecule has 0 radical (unpaired) electrons. The van der Waals surface area contributed by atoms with Gasteiger partial charge < -0.3 is 19.0 Å². The number of hydrogen-bond donors (Lipinski definition) is 1. The standard InChI is InChI=1S/C30H37N5O5/c36-27-6-5-26(28(37)31-27)35-16-21-15-22(1-4-25(21)29(35)38)34-19-30(20-34)7-9-32(10-8-30)17-23-2-3-24(40-23)18-33-11-13-39-14-12-33/h1-4,15,26H,5-14,16-20H2,(H,31,36,37). The summed E-state index contributed by atoms with van der Waals surface area (Å²) in [5.41, 5.74) is 3.14. The fourth-order valence-corrected chi connectivity index (χ4v) is 7.00. The van der Waals surface area contributed by atoms with Crippen molar-refractivity contribution in [1.29, 1.82) is 0 Å². The Balaban J connectivity index is 0.906. The maximum Gasteiger partial charge on any atom is 0.255 e. The minimum Gasteiger partial charge on any atom is -0.463 e. The smallest absolute Gasteiger partial charge is 0.255 e. The van der Waals surface area contributed by atoms with Crippen LogP contribution in [0.4, 0.5) is 5.69 Å². The monoisotopic (exact) mass is 547 g/mol. The minimum absolute atomic E-state index is 0.117. The van der Waals surface area contributed by atoms with E-state index in [1.807, 2.05) is 12.1 Å². The van der Waals surface area contributed by atoms with Gasteiger partial charge in [0.1, 0.15) is 17.6 Å². The molecule has 1 unspecified atom stereocenters. The van der Waals surface area contributed by atoms with Crippen molar-refractivity contribution < 1.29 is 23.5 Å². The third-order valence-corrected chi connectivity index (χ3v) is 9.42. The van der Waals surface area contributed by atoms with E-state index in [2.05, 4.69) is 38.2 Å². The summed E-state index contributed by atoms with van der Waals surface area (Å²) in [5, 5.41) is 2.37. The van der Waals surface area contributed by atoms with Crippen molar-refractivity contribution in [1.82, 2.24) is 20.0 Å². The van der Waals surface area contributed by atoms with Crippen LogP contribution in [-0.4, -0.2) is 90.9 Å². The number of fused-ring (bicyclic) bond motifs is 1. The van der Waals surface area contributed by atoms with Crippen LogP contribution in [0, 0.1) is 5.41 Å². The predicted octanol–water partition coefficient (Wildman–Crippen LogP) is 1.98. The molecule has 212 valence electrons. The zero-order chi connectivity index (χ0) is 27.3. The van der Waals surface area contributed by atoms with Gasteiger partial charge in [-0.05, 0) is 68.2 Å². The van der Waals surface area contributed by atoms with Gasteiger partial charge in [-0.3, -0.25) is 29.5 Å². The molecule has 4 saturated heterocycles. The summed E-state index contributed by atoms with van der Waals surface area (Å²) in [6, 6.07) is 9.74. The zero-order valence-corrected chi connectivity index (χ0v) is 22.9. The summed E-state index contributed by atoms with van der Waals surface area (Å²) >= 11 is 0. The second kappa shape index (κ2) is 10.3. The summed E-state index contributed by atoms with van der Waals surface area (Å²) in [5.74, 6) is 1.34. The maximum atomic E-state index is 13.0. The number of rotatable bonds is 6. The van der Waals surface area contributed by atoms with Crippen LogP contribution in [0.5, 0.6) is 0 Å². The van der Waals surface area contributed by atoms with Crippen LogP contribution in [0.1, 0.15) is 53.1 Å². The van der Waals surface area contributed by atoms with E-state index in [0.29, 0.717) is 23.9 Å². The Labute approximate surface area is 234 Å². The van der Waals surface area contributed by atoms with Crippen LogP contribution in [0.15, 0.2) is 34.7 Å². The molecule has 1 aromatic carbocycles. The first-order chi connectivity index (χ1) is 19.4. The number of nitrogens with zero attached hydrogens (tertiary/aromatic N) is 4. The highest BCUT2D eigenvalue weighted by molar-refractivity contribution is 6.05. The van der Waals surface area contributed by atoms with E-state index in [9.17, 15) is 14.4 Å². The molecule has 1 N–H and O–H groups in total. The van der Waals surface area contributed by atoms with Gasteiger partial charge >= 0.3 is 0 Å². The van der Waals surface area contributed by atoms with Crippen molar-refractivity contribution in [3.63, 3.8) is 0 Å². The zero-order valence-electron chi connectivity index (χ0n) is 22.9. The van der Waals surface area contributed by atoms with Crippen LogP contribution in [-0.2, 0) is 34.0 Å². The second-order valence-corrected chi connectivity index (χ2v) is 12.1. The highest BCUT2D eigenvalue weighted by Gasteiger charge is 2.45. The number of furan rings is 1. The van der Waals surface area contributed by atoms with Crippen LogP contribution in [0.3, 0.4) is 0 Å². The fraction of sp³-hybridized carbons (Fsp3) is 0.567. The lowest BCUT2D eigenvalue weighted by atomic mass is 9.71. The van der Waals surface area contributed by atoms with E-state index in [1.54, 1.807) is 4.90 Å². The van der Waals surface area contributed by atoms with Gasteiger partial charge in [0, 0.05) is 55.8 Å². The molecule has 1 spiro atoms. The van der Waals surface area contributed by atoms with Crippen molar-refractivity contribution >= 4 is 23.4 Å². The lowest BCUT2D eigenvalue weighted by Gasteiger charge is -2.55. The topological polar surface area (TPSA) is 98.6 Å². The molecular formula is C30H37N5O5. The van der Waals surface area contributed by atoms with Gasteiger partial charge in [-0.25, -0.2) is 0 Å². The first-order valence-electron chi connectivity index (χ1n) is 14.6. The number of ether oxygens (including phenoxy) is 1. The number of likely N-dealkylation sites (tertiary alicyclic amines) is 1. The van der Waals surface area contributed by atoms with Gasteiger partial charge in [0.05, 0.1) is 26.3 Å². The number of morpholine rings is 1. The second-order valence-electron chi connectivity index (χ2n) is 12.1. The summed E-state index contributed by atoms with van der Waals surface area (Å²) in [6.07, 6.45) is 3.01. The first kappa shape index (κ1) is 25.7. The molecule has 5 aliphatic rings. The minimum atomic E-state index is -0.573. The van der Waals surface area contributed by atoms with Crippen LogP contribution in [0.2, 0.25) is 0 Å². The summed E-state index contributed by atoms with van der Waals surface area (Å²) < 4.78 is 11.6. The number of amides is 3. The fourth-order valence-electron chi connectivity index (χ4n) is 7.00. The van der Waals surface area contributed by atoms with E-state index in [-0.39, 0.29) is 24.1 Å². The molecule has 0 bridgehead atoms. The van der Waals surface area contributed by atoms with Crippen LogP contribution >= 0.6 is 0 Å². The molecule has 40 heavy (non-hydrogen) atoms. The normalized spacial score (nSPS) is 25.3. The van der Waals surface area contributed by atoms with Crippen LogP contribution < -0.4 is 10.2 Å². The summed E-state index contributed by atoms with van der Waals surface area (Å²) in [6.45, 7) is 9.90. The van der Waals surface area contributed by atoms with Gasteiger partial charge in [0.15, 0.2) is 0 Å². The van der Waals surface area contributed by atoms with E-state index >= 15 is 0 Å². The van der Waals surface area contributed by atoms with Crippen molar-refractivity contribution in [3.8, 4) is 0 Å². The number of anilines is 1. The average molecular weight is 548 g/mol. The predicted molar refractivity (Wildman–Crippen MR) is 146 cm³/mol.